The van der Waals surface area contributed by atoms with E-state index in [-0.39, 0.29) is 0 Å². The molecule has 0 amide bonds. The molecule has 2 atom stereocenters. The molecule has 0 heterocycles. The van der Waals surface area contributed by atoms with Crippen molar-refractivity contribution in [2.45, 2.75) is 24.7 Å². The lowest BCUT2D eigenvalue weighted by Gasteiger charge is -2.35. The largest absolute Gasteiger partial charge is 0.310 e. The van der Waals surface area contributed by atoms with E-state index in [1.165, 1.54) is 100 Å². The van der Waals surface area contributed by atoms with Crippen LogP contribution in [0.2, 0.25) is 0 Å². The van der Waals surface area contributed by atoms with Gasteiger partial charge in [-0.05, 0) is 209 Å². The zero-order valence-corrected chi connectivity index (χ0v) is 56.1. The van der Waals surface area contributed by atoms with E-state index in [1.807, 2.05) is 12.2 Å². The summed E-state index contributed by atoms with van der Waals surface area (Å²) in [4.78, 5) is 4.84. The quantitative estimate of drug-likeness (QED) is 0.0951. The molecular weight excluding hydrogens is 1210 g/mol. The summed E-state index contributed by atoms with van der Waals surface area (Å²) in [6, 6.07) is 135. The van der Waals surface area contributed by atoms with Gasteiger partial charge >= 0.3 is 0 Å². The maximum atomic E-state index is 4.11. The first-order valence-corrected chi connectivity index (χ1v) is 34.6. The average Bonchev–Trinajstić information content (AvgIpc) is 1.54. The molecule has 0 fully saturated rings. The molecule has 2 aliphatic rings. The van der Waals surface area contributed by atoms with Crippen LogP contribution in [0.5, 0.6) is 0 Å². The van der Waals surface area contributed by atoms with Crippen LogP contribution in [-0.2, 0) is 10.8 Å². The van der Waals surface area contributed by atoms with Crippen LogP contribution < -0.4 is 9.80 Å². The predicted molar refractivity (Wildman–Crippen MR) is 422 cm³/mol. The van der Waals surface area contributed by atoms with Crippen LogP contribution in [0.4, 0.5) is 34.1 Å². The summed E-state index contributed by atoms with van der Waals surface area (Å²) in [7, 11) is 0. The molecule has 0 saturated carbocycles. The topological polar surface area (TPSA) is 6.48 Å². The molecule has 2 heteroatoms. The highest BCUT2D eigenvalue weighted by Gasteiger charge is 2.48. The fourth-order valence-corrected chi connectivity index (χ4v) is 16.0. The number of fused-ring (bicyclic) bond motifs is 6. The molecule has 17 rings (SSSR count). The first-order valence-electron chi connectivity index (χ1n) is 34.6. The van der Waals surface area contributed by atoms with E-state index in [1.54, 1.807) is 0 Å². The van der Waals surface area contributed by atoms with Gasteiger partial charge in [-0.2, -0.15) is 0 Å². The van der Waals surface area contributed by atoms with Crippen LogP contribution in [0, 0.1) is 13.8 Å². The molecule has 0 aliphatic heterocycles. The van der Waals surface area contributed by atoms with Crippen LogP contribution in [0.25, 0.3) is 78.9 Å². The van der Waals surface area contributed by atoms with Crippen LogP contribution in [0.15, 0.2) is 377 Å². The molecule has 474 valence electrons. The Morgan fingerprint density at radius 2 is 0.460 bits per heavy atom. The second-order valence-electron chi connectivity index (χ2n) is 26.6. The van der Waals surface area contributed by atoms with Crippen molar-refractivity contribution < 1.29 is 0 Å². The Hall–Kier alpha value is -12.6. The van der Waals surface area contributed by atoms with Crippen LogP contribution >= 0.6 is 0 Å². The highest BCUT2D eigenvalue weighted by Crippen LogP contribution is 2.60. The molecule has 0 N–H and O–H groups in total. The molecule has 0 aromatic heterocycles. The van der Waals surface area contributed by atoms with Crippen molar-refractivity contribution in [3.05, 3.63) is 444 Å². The fourth-order valence-electron chi connectivity index (χ4n) is 16.0. The monoisotopic (exact) mass is 1280 g/mol. The molecule has 15 aromatic rings. The van der Waals surface area contributed by atoms with Crippen molar-refractivity contribution in [3.63, 3.8) is 0 Å². The van der Waals surface area contributed by atoms with Crippen molar-refractivity contribution in [1.29, 1.82) is 0 Å². The van der Waals surface area contributed by atoms with Gasteiger partial charge in [0.2, 0.25) is 0 Å². The highest BCUT2D eigenvalue weighted by atomic mass is 15.1. The number of anilines is 6. The number of aryl methyl sites for hydroxylation is 2. The maximum Gasteiger partial charge on any atom is 0.0714 e. The second kappa shape index (κ2) is 25.4. The van der Waals surface area contributed by atoms with Gasteiger partial charge in [0, 0.05) is 34.1 Å². The Labute approximate surface area is 587 Å². The zero-order chi connectivity index (χ0) is 67.3. The van der Waals surface area contributed by atoms with Gasteiger partial charge in [-0.15, -0.1) is 0 Å². The van der Waals surface area contributed by atoms with E-state index in [2.05, 4.69) is 401 Å². The van der Waals surface area contributed by atoms with Gasteiger partial charge < -0.3 is 9.80 Å². The molecular formula is C98H72N2. The Balaban J connectivity index is 0.723. The molecule has 2 aliphatic carbocycles. The second-order valence-corrected chi connectivity index (χ2v) is 26.6. The van der Waals surface area contributed by atoms with Crippen molar-refractivity contribution >= 4 is 46.3 Å². The van der Waals surface area contributed by atoms with E-state index < -0.39 is 10.8 Å². The standard InChI is InChI=1S/C98H72N2/c1-5-69-29-49-81(50-30-69)97(79-45-25-67(3)26-46-79)93-23-15-13-21-89(93)91-63-61-87(65-95(91)97)99(83-53-37-75(38-54-83)71-17-9-7-10-18-71)85-57-41-77(42-58-85)73-33-35-74(36-34-73)78-43-59-86(60-44-78)100(84-55-39-76(40-56-84)72-19-11-8-12-20-72)88-62-64-92-90-22-14-16-24-94(90)98(96(92)66-88,80-47-27-68(4)28-48-80)82-51-31-70(6-2)32-52-82/h5-66H,1-2H2,3-4H3. The fraction of sp³-hybridized carbons (Fsp3) is 0.0408. The van der Waals surface area contributed by atoms with E-state index in [4.69, 9.17) is 0 Å². The third-order valence-corrected chi connectivity index (χ3v) is 21.0. The van der Waals surface area contributed by atoms with Gasteiger partial charge in [0.1, 0.15) is 0 Å². The normalized spacial score (nSPS) is 14.7. The third-order valence-electron chi connectivity index (χ3n) is 21.0. The summed E-state index contributed by atoms with van der Waals surface area (Å²) in [5, 5.41) is 0. The van der Waals surface area contributed by atoms with Crippen LogP contribution in [-0.4, -0.2) is 0 Å². The van der Waals surface area contributed by atoms with Crippen LogP contribution in [0.3, 0.4) is 0 Å². The van der Waals surface area contributed by atoms with Gasteiger partial charge in [0.25, 0.3) is 0 Å². The molecule has 2 nitrogen and oxygen atoms in total. The van der Waals surface area contributed by atoms with Crippen LogP contribution in [0.1, 0.15) is 66.8 Å². The number of hydrogen-bond donors (Lipinski definition) is 0. The van der Waals surface area contributed by atoms with Crippen molar-refractivity contribution in [2.75, 3.05) is 9.80 Å². The Morgan fingerprint density at radius 1 is 0.220 bits per heavy atom. The first-order chi connectivity index (χ1) is 49.3. The van der Waals surface area contributed by atoms with Gasteiger partial charge in [-0.25, -0.2) is 0 Å². The predicted octanol–water partition coefficient (Wildman–Crippen LogP) is 25.9. The number of nitrogens with zero attached hydrogens (tertiary/aromatic N) is 2. The van der Waals surface area contributed by atoms with E-state index in [0.717, 1.165) is 67.5 Å². The van der Waals surface area contributed by atoms with Gasteiger partial charge in [0.15, 0.2) is 0 Å². The lowest BCUT2D eigenvalue weighted by Crippen LogP contribution is -2.29. The zero-order valence-electron chi connectivity index (χ0n) is 56.1. The average molecular weight is 1280 g/mol. The third kappa shape index (κ3) is 10.4. The molecule has 2 unspecified atom stereocenters. The molecule has 100 heavy (non-hydrogen) atoms. The van der Waals surface area contributed by atoms with E-state index in [0.29, 0.717) is 0 Å². The summed E-state index contributed by atoms with van der Waals surface area (Å²) in [5.74, 6) is 0. The Bertz CT molecular complexity index is 5160. The summed E-state index contributed by atoms with van der Waals surface area (Å²) in [5.41, 5.74) is 34.2. The molecule has 0 spiro atoms. The van der Waals surface area contributed by atoms with E-state index in [9.17, 15) is 0 Å². The number of rotatable bonds is 16. The van der Waals surface area contributed by atoms with Gasteiger partial charge in [-0.3, -0.25) is 0 Å². The Kier molecular flexibility index (Phi) is 15.5. The van der Waals surface area contributed by atoms with Crippen molar-refractivity contribution in [1.82, 2.24) is 0 Å². The summed E-state index contributed by atoms with van der Waals surface area (Å²) < 4.78 is 0. The molecule has 15 aromatic carbocycles. The summed E-state index contributed by atoms with van der Waals surface area (Å²) in [6.45, 7) is 12.6. The van der Waals surface area contributed by atoms with Gasteiger partial charge in [0.05, 0.1) is 10.8 Å². The number of hydrogen-bond acceptors (Lipinski definition) is 2. The van der Waals surface area contributed by atoms with Crippen molar-refractivity contribution in [3.8, 4) is 66.8 Å². The highest BCUT2D eigenvalue weighted by molar-refractivity contribution is 5.93. The maximum absolute atomic E-state index is 4.11. The number of benzene rings is 15. The minimum atomic E-state index is -0.583. The molecule has 0 bridgehead atoms. The molecule has 0 saturated heterocycles. The molecule has 0 radical (unpaired) electrons. The summed E-state index contributed by atoms with van der Waals surface area (Å²) >= 11 is 0. The van der Waals surface area contributed by atoms with Gasteiger partial charge in [-0.1, -0.05) is 328 Å². The minimum Gasteiger partial charge on any atom is -0.310 e. The lowest BCUT2D eigenvalue weighted by atomic mass is 9.67. The van der Waals surface area contributed by atoms with E-state index >= 15 is 0 Å². The SMILES string of the molecule is C=Cc1ccc(C2(c3ccc(C)cc3)c3ccccc3-c3ccc(N(c4ccc(-c5ccccc5)cc4)c4ccc(-c5ccc(-c6ccc(N(c7ccc(-c8ccccc8)cc7)c7ccc8c(c7)C(c7ccc(C)cc7)(c7ccc(C=C)cc7)c7ccccc7-8)cc6)cc5)cc4)cc32)cc1. The lowest BCUT2D eigenvalue weighted by molar-refractivity contribution is 0.768. The first kappa shape index (κ1) is 61.0. The smallest absolute Gasteiger partial charge is 0.0714 e. The summed E-state index contributed by atoms with van der Waals surface area (Å²) in [6.07, 6.45) is 3.85. The van der Waals surface area contributed by atoms with Crippen molar-refractivity contribution in [2.24, 2.45) is 0 Å². The minimum absolute atomic E-state index is 0.583. The Morgan fingerprint density at radius 3 is 0.760 bits per heavy atom.